The second-order valence-electron chi connectivity index (χ2n) is 0. The molecule has 0 saturated carbocycles. The number of rotatable bonds is 0. The van der Waals surface area contributed by atoms with Gasteiger partial charge in [-0.3, -0.25) is 0 Å². The van der Waals surface area contributed by atoms with Crippen LogP contribution in [0.1, 0.15) is 0 Å². The SMILES string of the molecule is [U].[U].[V].[V]. The molecule has 0 N–H and O–H groups in total. The van der Waals surface area contributed by atoms with E-state index in [4.69, 9.17) is 0 Å². The Morgan fingerprint density at radius 1 is 0.500 bits per heavy atom. The first kappa shape index (κ1) is 26.7. The molecule has 0 aromatic rings. The van der Waals surface area contributed by atoms with Gasteiger partial charge in [0.2, 0.25) is 0 Å². The minimum Gasteiger partial charge on any atom is 0 e. The van der Waals surface area contributed by atoms with E-state index >= 15 is 0 Å². The molecule has 0 bridgehead atoms. The molecule has 0 aliphatic rings. The van der Waals surface area contributed by atoms with Crippen LogP contribution < -0.4 is 0 Å². The van der Waals surface area contributed by atoms with Crippen LogP contribution >= 0.6 is 0 Å². The number of hydrogen-bond donors (Lipinski definition) is 0. The molecule has 0 heterocycles. The first-order valence-corrected chi connectivity index (χ1v) is 0. The Kier molecular flexibility index (Phi) is 109. The van der Waals surface area contributed by atoms with Crippen molar-refractivity contribution in [3.63, 3.8) is 0 Å². The van der Waals surface area contributed by atoms with Crippen LogP contribution in [-0.4, -0.2) is 0 Å². The zero-order chi connectivity index (χ0) is 0. The summed E-state index contributed by atoms with van der Waals surface area (Å²) in [7, 11) is 0. The second-order valence-corrected chi connectivity index (χ2v) is 0. The maximum absolute atomic E-state index is 0. The van der Waals surface area contributed by atoms with Crippen molar-refractivity contribution in [3.05, 3.63) is 0 Å². The molecule has 0 amide bonds. The summed E-state index contributed by atoms with van der Waals surface area (Å²) in [5.41, 5.74) is 0. The summed E-state index contributed by atoms with van der Waals surface area (Å²) in [6, 6.07) is 0. The quantitative estimate of drug-likeness (QED) is 0.380. The van der Waals surface area contributed by atoms with Gasteiger partial charge in [-0.1, -0.05) is 0 Å². The molecule has 0 unspecified atom stereocenters. The normalized spacial score (nSPS) is 0. The van der Waals surface area contributed by atoms with E-state index < -0.39 is 0 Å². The van der Waals surface area contributed by atoms with Crippen LogP contribution in [-0.2, 0) is 37.1 Å². The second kappa shape index (κ2) is 16.3. The summed E-state index contributed by atoms with van der Waals surface area (Å²) < 4.78 is 0. The van der Waals surface area contributed by atoms with Gasteiger partial charge in [0.05, 0.1) is 0 Å². The van der Waals surface area contributed by atoms with Crippen LogP contribution in [0.5, 0.6) is 0 Å². The molecule has 0 fully saturated rings. The molecular weight excluding hydrogens is 578 g/mol. The molecule has 0 saturated heterocycles. The molecule has 0 rings (SSSR count). The molecular formula is U2V2. The predicted octanol–water partition coefficient (Wildman–Crippen LogP) is -0.00500. The third-order valence-electron chi connectivity index (χ3n) is 0. The Morgan fingerprint density at radius 3 is 0.500 bits per heavy atom. The third-order valence-corrected chi connectivity index (χ3v) is 0. The molecule has 4 heavy (non-hydrogen) atoms. The van der Waals surface area contributed by atoms with Crippen LogP contribution in [0.2, 0.25) is 0 Å². The van der Waals surface area contributed by atoms with E-state index in [1.807, 2.05) is 0 Å². The van der Waals surface area contributed by atoms with Gasteiger partial charge in [0, 0.05) is 99.3 Å². The van der Waals surface area contributed by atoms with E-state index in [9.17, 15) is 0 Å². The van der Waals surface area contributed by atoms with Crippen molar-refractivity contribution in [3.8, 4) is 0 Å². The van der Waals surface area contributed by atoms with Gasteiger partial charge in [0.15, 0.2) is 0 Å². The van der Waals surface area contributed by atoms with Crippen molar-refractivity contribution in [2.45, 2.75) is 0 Å². The monoisotopic (exact) mass is 578 g/mol. The van der Waals surface area contributed by atoms with Crippen LogP contribution in [0.3, 0.4) is 0 Å². The smallest absolute Gasteiger partial charge is 0 e. The molecule has 0 aromatic heterocycles. The fourth-order valence-electron chi connectivity index (χ4n) is 0. The van der Waals surface area contributed by atoms with Gasteiger partial charge in [-0.2, -0.15) is 0 Å². The minimum atomic E-state index is 0. The molecule has 4 heteroatoms. The Hall–Kier alpha value is 3.27. The Bertz CT molecular complexity index is 4.00. The van der Waals surface area contributed by atoms with Crippen LogP contribution in [0, 0.1) is 62.2 Å². The molecule has 18 valence electrons. The van der Waals surface area contributed by atoms with Crippen molar-refractivity contribution >= 4 is 0 Å². The molecule has 0 nitrogen and oxygen atoms in total. The summed E-state index contributed by atoms with van der Waals surface area (Å²) in [6.45, 7) is 0. The number of hydrogen-bond acceptors (Lipinski definition) is 0. The van der Waals surface area contributed by atoms with Gasteiger partial charge in [-0.15, -0.1) is 0 Å². The molecule has 2 radical (unpaired) electrons. The van der Waals surface area contributed by atoms with E-state index in [1.165, 1.54) is 0 Å². The van der Waals surface area contributed by atoms with E-state index in [2.05, 4.69) is 0 Å². The van der Waals surface area contributed by atoms with Crippen molar-refractivity contribution in [1.82, 2.24) is 0 Å². The zero-order valence-corrected chi connectivity index (χ0v) is 13.0. The van der Waals surface area contributed by atoms with Gasteiger partial charge < -0.3 is 0 Å². The fraction of sp³-hybridized carbons (Fsp3) is 0. The van der Waals surface area contributed by atoms with Crippen LogP contribution in [0.15, 0.2) is 0 Å². The largest absolute Gasteiger partial charge is 0 e. The standard InChI is InChI=1S/2U.2V. The maximum atomic E-state index is 0. The van der Waals surface area contributed by atoms with Gasteiger partial charge in [-0.25, -0.2) is 0 Å². The van der Waals surface area contributed by atoms with E-state index in [1.54, 1.807) is 0 Å². The van der Waals surface area contributed by atoms with Gasteiger partial charge in [-0.05, 0) is 0 Å². The van der Waals surface area contributed by atoms with E-state index in [-0.39, 0.29) is 99.3 Å². The summed E-state index contributed by atoms with van der Waals surface area (Å²) >= 11 is 0. The summed E-state index contributed by atoms with van der Waals surface area (Å²) in [5.74, 6) is 0. The predicted molar refractivity (Wildman–Crippen MR) is 0 cm³/mol. The van der Waals surface area contributed by atoms with Crippen molar-refractivity contribution in [2.24, 2.45) is 0 Å². The van der Waals surface area contributed by atoms with Gasteiger partial charge >= 0.3 is 0 Å². The van der Waals surface area contributed by atoms with E-state index in [0.29, 0.717) is 0 Å². The Balaban J connectivity index is 0. The minimum absolute atomic E-state index is 0. The molecule has 0 atom stereocenters. The topological polar surface area (TPSA) is 0 Å². The average Bonchev–Trinajstić information content (AvgIpc) is 0. The fourth-order valence-corrected chi connectivity index (χ4v) is 0. The maximum Gasteiger partial charge on any atom is 0 e. The molecule has 0 aliphatic heterocycles. The first-order chi connectivity index (χ1) is 0. The summed E-state index contributed by atoms with van der Waals surface area (Å²) in [6.07, 6.45) is 0. The first-order valence-electron chi connectivity index (χ1n) is 0. The third kappa shape index (κ3) is 8.99. The summed E-state index contributed by atoms with van der Waals surface area (Å²) in [5, 5.41) is 0. The van der Waals surface area contributed by atoms with Crippen molar-refractivity contribution in [2.75, 3.05) is 0 Å². The van der Waals surface area contributed by atoms with Crippen LogP contribution in [0.25, 0.3) is 0 Å². The molecule has 0 spiro atoms. The Morgan fingerprint density at radius 2 is 0.500 bits per heavy atom. The molecule has 0 aliphatic carbocycles. The van der Waals surface area contributed by atoms with E-state index in [0.717, 1.165) is 0 Å². The summed E-state index contributed by atoms with van der Waals surface area (Å²) in [4.78, 5) is 0. The Labute approximate surface area is 97.1 Å². The average molecular weight is 578 g/mol. The van der Waals surface area contributed by atoms with Gasteiger partial charge in [0.25, 0.3) is 0 Å². The zero-order valence-electron chi connectivity index (χ0n) is 1.89. The van der Waals surface area contributed by atoms with Crippen LogP contribution in [0.4, 0.5) is 0 Å². The van der Waals surface area contributed by atoms with Crippen molar-refractivity contribution in [1.29, 1.82) is 0 Å². The van der Waals surface area contributed by atoms with Gasteiger partial charge in [0.1, 0.15) is 0 Å². The molecule has 0 aromatic carbocycles. The van der Waals surface area contributed by atoms with Crippen molar-refractivity contribution < 1.29 is 99.3 Å².